The van der Waals surface area contributed by atoms with Gasteiger partial charge in [-0.3, -0.25) is 24.6 Å². The number of nitrogens with one attached hydrogen (secondary N) is 1. The van der Waals surface area contributed by atoms with Crippen LogP contribution >= 0.6 is 22.9 Å². The number of fused-ring (bicyclic) bond motifs is 2. The predicted molar refractivity (Wildman–Crippen MR) is 130 cm³/mol. The number of benzene rings is 2. The number of unbranched alkanes of at least 4 members (excludes halogenated alkanes) is 2. The maximum atomic E-state index is 12.4. The molecule has 3 amide bonds. The highest BCUT2D eigenvalue weighted by Gasteiger charge is 2.34. The van der Waals surface area contributed by atoms with Crippen LogP contribution in [0, 0.1) is 0 Å². The van der Waals surface area contributed by atoms with Crippen LogP contribution in [0.5, 0.6) is 0 Å². The summed E-state index contributed by atoms with van der Waals surface area (Å²) in [4.78, 5) is 43.5. The van der Waals surface area contributed by atoms with Crippen LogP contribution in [0.15, 0.2) is 53.9 Å². The zero-order chi connectivity index (χ0) is 23.7. The number of anilines is 1. The van der Waals surface area contributed by atoms with Gasteiger partial charge in [0.1, 0.15) is 0 Å². The van der Waals surface area contributed by atoms with Crippen molar-refractivity contribution in [1.29, 1.82) is 0 Å². The summed E-state index contributed by atoms with van der Waals surface area (Å²) in [7, 11) is 0. The van der Waals surface area contributed by atoms with Crippen LogP contribution in [0.3, 0.4) is 0 Å². The summed E-state index contributed by atoms with van der Waals surface area (Å²) in [5, 5.41) is 9.78. The third kappa shape index (κ3) is 4.32. The molecule has 0 unspecified atom stereocenters. The van der Waals surface area contributed by atoms with E-state index in [2.05, 4.69) is 15.4 Å². The van der Waals surface area contributed by atoms with Crippen LogP contribution in [0.25, 0.3) is 16.2 Å². The normalized spacial score (nSPS) is 13.0. The second-order valence-electron chi connectivity index (χ2n) is 7.92. The maximum absolute atomic E-state index is 12.4. The van der Waals surface area contributed by atoms with Gasteiger partial charge in [-0.2, -0.15) is 4.98 Å². The third-order valence-electron chi connectivity index (χ3n) is 5.64. The number of thiazole rings is 1. The lowest BCUT2D eigenvalue weighted by molar-refractivity contribution is -0.116. The molecule has 5 rings (SSSR count). The van der Waals surface area contributed by atoms with Crippen LogP contribution in [0.2, 0.25) is 5.02 Å². The van der Waals surface area contributed by atoms with Crippen molar-refractivity contribution in [2.24, 2.45) is 0 Å². The molecule has 0 fully saturated rings. The first kappa shape index (κ1) is 22.2. The van der Waals surface area contributed by atoms with Gasteiger partial charge in [-0.15, -0.1) is 16.4 Å². The minimum atomic E-state index is -0.248. The molecule has 0 aliphatic carbocycles. The summed E-state index contributed by atoms with van der Waals surface area (Å²) in [6.07, 6.45) is 2.29. The fraction of sp³-hybridized carbons (Fsp3) is 0.208. The summed E-state index contributed by atoms with van der Waals surface area (Å²) in [6, 6.07) is 14.3. The molecule has 34 heavy (non-hydrogen) atoms. The first-order valence-electron chi connectivity index (χ1n) is 10.9. The van der Waals surface area contributed by atoms with E-state index in [0.29, 0.717) is 53.3 Å². The van der Waals surface area contributed by atoms with E-state index in [-0.39, 0.29) is 23.7 Å². The van der Waals surface area contributed by atoms with Crippen molar-refractivity contribution in [3.8, 4) is 11.3 Å². The number of imide groups is 1. The fourth-order valence-electron chi connectivity index (χ4n) is 3.92. The molecule has 0 radical (unpaired) electrons. The first-order chi connectivity index (χ1) is 16.5. The van der Waals surface area contributed by atoms with E-state index < -0.39 is 0 Å². The van der Waals surface area contributed by atoms with Gasteiger partial charge in [0.2, 0.25) is 16.8 Å². The van der Waals surface area contributed by atoms with Crippen molar-refractivity contribution < 1.29 is 14.4 Å². The minimum absolute atomic E-state index is 0.174. The Bertz CT molecular complexity index is 1360. The quantitative estimate of drug-likeness (QED) is 0.278. The van der Waals surface area contributed by atoms with Crippen LogP contribution in [-0.4, -0.2) is 43.8 Å². The van der Waals surface area contributed by atoms with Gasteiger partial charge in [-0.1, -0.05) is 42.3 Å². The number of rotatable bonds is 8. The molecule has 8 nitrogen and oxygen atoms in total. The predicted octanol–water partition coefficient (Wildman–Crippen LogP) is 4.91. The van der Waals surface area contributed by atoms with Gasteiger partial charge in [0, 0.05) is 28.9 Å². The van der Waals surface area contributed by atoms with Gasteiger partial charge in [0.25, 0.3) is 11.8 Å². The smallest absolute Gasteiger partial charge is 0.261 e. The highest BCUT2D eigenvalue weighted by molar-refractivity contribution is 7.15. The second kappa shape index (κ2) is 9.36. The Morgan fingerprint density at radius 2 is 1.68 bits per heavy atom. The topological polar surface area (TPSA) is 96.7 Å². The first-order valence-corrected chi connectivity index (χ1v) is 12.1. The number of nitrogens with zero attached hydrogens (tertiary/aromatic N) is 4. The highest BCUT2D eigenvalue weighted by atomic mass is 35.5. The Hall–Kier alpha value is -3.56. The van der Waals surface area contributed by atoms with E-state index in [9.17, 15) is 14.4 Å². The average molecular weight is 494 g/mol. The number of hydrogen-bond donors (Lipinski definition) is 1. The van der Waals surface area contributed by atoms with Crippen LogP contribution in [0.1, 0.15) is 46.4 Å². The number of hydrogen-bond acceptors (Lipinski definition) is 6. The Balaban J connectivity index is 1.10. The Kier molecular flexibility index (Phi) is 6.12. The van der Waals surface area contributed by atoms with Crippen molar-refractivity contribution >= 4 is 51.6 Å². The molecule has 2 aromatic heterocycles. The van der Waals surface area contributed by atoms with Crippen molar-refractivity contribution in [3.63, 3.8) is 0 Å². The summed E-state index contributed by atoms with van der Waals surface area (Å²) < 4.78 is 1.70. The van der Waals surface area contributed by atoms with E-state index >= 15 is 0 Å². The lowest BCUT2D eigenvalue weighted by atomic mass is 10.1. The SMILES string of the molecule is O=C(CCCCCN1C(=O)c2ccccc2C1=O)Nc1nc2scc(-c3ccc(Cl)cc3)n2n1. The van der Waals surface area contributed by atoms with Crippen LogP contribution in [-0.2, 0) is 4.79 Å². The fourth-order valence-corrected chi connectivity index (χ4v) is 4.87. The standard InChI is InChI=1S/C24H20ClN5O3S/c25-16-11-9-15(10-12-16)19-14-34-24-27-23(28-30(19)24)26-20(31)8-2-1-5-13-29-21(32)17-6-3-4-7-18(17)22(29)33/h3-4,6-7,9-12,14H,1-2,5,8,13H2,(H,26,28,31). The molecule has 1 N–H and O–H groups in total. The molecular formula is C24H20ClN5O3S. The maximum Gasteiger partial charge on any atom is 0.261 e. The monoisotopic (exact) mass is 493 g/mol. The van der Waals surface area contributed by atoms with Crippen LogP contribution in [0.4, 0.5) is 5.95 Å². The van der Waals surface area contributed by atoms with Gasteiger partial charge in [0.15, 0.2) is 0 Å². The molecular weight excluding hydrogens is 474 g/mol. The summed E-state index contributed by atoms with van der Waals surface area (Å²) in [5.74, 6) is -0.408. The largest absolute Gasteiger partial charge is 0.293 e. The van der Waals surface area contributed by atoms with E-state index in [1.807, 2.05) is 29.6 Å². The number of halogens is 1. The van der Waals surface area contributed by atoms with E-state index in [1.165, 1.54) is 16.2 Å². The zero-order valence-corrected chi connectivity index (χ0v) is 19.6. The Labute approximate surface area is 204 Å². The molecule has 10 heteroatoms. The van der Waals surface area contributed by atoms with E-state index in [1.54, 1.807) is 28.8 Å². The molecule has 1 aliphatic rings. The number of amides is 3. The lowest BCUT2D eigenvalue weighted by Crippen LogP contribution is -2.30. The number of carbonyl (C=O) groups excluding carboxylic acids is 3. The zero-order valence-electron chi connectivity index (χ0n) is 18.0. The van der Waals surface area contributed by atoms with Gasteiger partial charge in [-0.25, -0.2) is 4.52 Å². The Morgan fingerprint density at radius 1 is 0.971 bits per heavy atom. The molecule has 0 saturated heterocycles. The molecule has 2 aromatic carbocycles. The number of carbonyl (C=O) groups is 3. The van der Waals surface area contributed by atoms with Gasteiger partial charge < -0.3 is 0 Å². The van der Waals surface area contributed by atoms with Crippen molar-refractivity contribution in [1.82, 2.24) is 19.5 Å². The van der Waals surface area contributed by atoms with Crippen molar-refractivity contribution in [2.75, 3.05) is 11.9 Å². The van der Waals surface area contributed by atoms with E-state index in [4.69, 9.17) is 11.6 Å². The molecule has 0 atom stereocenters. The molecule has 0 bridgehead atoms. The average Bonchev–Trinajstić information content (AvgIpc) is 3.47. The van der Waals surface area contributed by atoms with Crippen molar-refractivity contribution in [3.05, 3.63) is 70.1 Å². The lowest BCUT2D eigenvalue weighted by Gasteiger charge is -2.13. The van der Waals surface area contributed by atoms with Gasteiger partial charge in [-0.05, 0) is 37.1 Å². The highest BCUT2D eigenvalue weighted by Crippen LogP contribution is 2.27. The summed E-state index contributed by atoms with van der Waals surface area (Å²) in [6.45, 7) is 0.348. The summed E-state index contributed by atoms with van der Waals surface area (Å²) >= 11 is 7.41. The van der Waals surface area contributed by atoms with Crippen LogP contribution < -0.4 is 5.32 Å². The Morgan fingerprint density at radius 3 is 2.38 bits per heavy atom. The number of aromatic nitrogens is 3. The van der Waals surface area contributed by atoms with Gasteiger partial charge >= 0.3 is 0 Å². The molecule has 1 aliphatic heterocycles. The molecule has 172 valence electrons. The molecule has 0 saturated carbocycles. The van der Waals surface area contributed by atoms with Crippen molar-refractivity contribution in [2.45, 2.75) is 25.7 Å². The summed E-state index contributed by atoms with van der Waals surface area (Å²) in [5.41, 5.74) is 2.74. The third-order valence-corrected chi connectivity index (χ3v) is 6.70. The second-order valence-corrected chi connectivity index (χ2v) is 9.20. The molecule has 0 spiro atoms. The minimum Gasteiger partial charge on any atom is -0.293 e. The molecule has 3 heterocycles. The molecule has 4 aromatic rings. The van der Waals surface area contributed by atoms with E-state index in [0.717, 1.165) is 11.3 Å². The van der Waals surface area contributed by atoms with Gasteiger partial charge in [0.05, 0.1) is 16.8 Å².